The molecule has 21 heavy (non-hydrogen) atoms. The number of carbonyl (C=O) groups is 1. The van der Waals surface area contributed by atoms with Crippen LogP contribution in [0.3, 0.4) is 0 Å². The average Bonchev–Trinajstić information content (AvgIpc) is 3.00. The Morgan fingerprint density at radius 3 is 3.14 bits per heavy atom. The highest BCUT2D eigenvalue weighted by molar-refractivity contribution is 7.10. The van der Waals surface area contributed by atoms with E-state index in [1.165, 1.54) is 10.4 Å². The van der Waals surface area contributed by atoms with Crippen LogP contribution in [0.5, 0.6) is 5.88 Å². The number of nitrogens with one attached hydrogen (secondary N) is 1. The smallest absolute Gasteiger partial charge is 0.242 e. The van der Waals surface area contributed by atoms with E-state index in [-0.39, 0.29) is 12.5 Å². The fourth-order valence-corrected chi connectivity index (χ4v) is 3.25. The van der Waals surface area contributed by atoms with Crippen molar-refractivity contribution in [3.63, 3.8) is 0 Å². The number of hydrogen-bond donors (Lipinski definition) is 1. The van der Waals surface area contributed by atoms with Gasteiger partial charge < -0.3 is 15.0 Å². The molecular weight excluding hydrogens is 286 g/mol. The summed E-state index contributed by atoms with van der Waals surface area (Å²) < 4.78 is 5.00. The molecule has 1 N–H and O–H groups in total. The number of methoxy groups -OCH3 is 1. The Kier molecular flexibility index (Phi) is 4.06. The molecule has 1 aliphatic rings. The zero-order valence-electron chi connectivity index (χ0n) is 11.8. The molecule has 0 bridgehead atoms. The predicted octanol–water partition coefficient (Wildman–Crippen LogP) is 2.15. The number of carbonyl (C=O) groups excluding carboxylic acids is 1. The quantitative estimate of drug-likeness (QED) is 0.940. The van der Waals surface area contributed by atoms with Gasteiger partial charge in [-0.1, -0.05) is 0 Å². The number of aromatic nitrogens is 1. The first-order valence-corrected chi connectivity index (χ1v) is 7.71. The van der Waals surface area contributed by atoms with Gasteiger partial charge in [-0.2, -0.15) is 0 Å². The van der Waals surface area contributed by atoms with Crippen molar-refractivity contribution in [3.8, 4) is 5.88 Å². The first-order valence-electron chi connectivity index (χ1n) is 6.83. The lowest BCUT2D eigenvalue weighted by Crippen LogP contribution is -2.38. The average molecular weight is 303 g/mol. The van der Waals surface area contributed by atoms with Crippen LogP contribution < -0.4 is 10.1 Å². The summed E-state index contributed by atoms with van der Waals surface area (Å²) in [5.74, 6) is 0.676. The Morgan fingerprint density at radius 2 is 2.38 bits per heavy atom. The van der Waals surface area contributed by atoms with Gasteiger partial charge in [-0.15, -0.1) is 11.3 Å². The van der Waals surface area contributed by atoms with Crippen molar-refractivity contribution in [1.29, 1.82) is 0 Å². The number of thiophene rings is 1. The Morgan fingerprint density at radius 1 is 1.48 bits per heavy atom. The third-order valence-electron chi connectivity index (χ3n) is 3.55. The molecule has 0 fully saturated rings. The highest BCUT2D eigenvalue weighted by Crippen LogP contribution is 2.24. The van der Waals surface area contributed by atoms with Crippen molar-refractivity contribution in [3.05, 3.63) is 40.2 Å². The van der Waals surface area contributed by atoms with Gasteiger partial charge in [0.1, 0.15) is 0 Å². The van der Waals surface area contributed by atoms with Crippen LogP contribution >= 0.6 is 11.3 Å². The van der Waals surface area contributed by atoms with Crippen LogP contribution in [0.25, 0.3) is 0 Å². The van der Waals surface area contributed by atoms with Gasteiger partial charge in [-0.25, -0.2) is 4.98 Å². The molecule has 0 aliphatic carbocycles. The lowest BCUT2D eigenvalue weighted by molar-refractivity contribution is -0.130. The summed E-state index contributed by atoms with van der Waals surface area (Å²) in [6, 6.07) is 5.73. The minimum atomic E-state index is 0.114. The van der Waals surface area contributed by atoms with Crippen molar-refractivity contribution in [2.75, 3.05) is 25.5 Å². The Hall–Kier alpha value is -2.08. The first-order chi connectivity index (χ1) is 10.3. The minimum absolute atomic E-state index is 0.114. The minimum Gasteiger partial charge on any atom is -0.481 e. The third kappa shape index (κ3) is 3.16. The molecule has 0 saturated carbocycles. The van der Waals surface area contributed by atoms with Gasteiger partial charge in [0, 0.05) is 24.0 Å². The van der Waals surface area contributed by atoms with Crippen molar-refractivity contribution >= 4 is 22.9 Å². The van der Waals surface area contributed by atoms with Crippen molar-refractivity contribution in [2.24, 2.45) is 0 Å². The number of fused-ring (bicyclic) bond motifs is 1. The van der Waals surface area contributed by atoms with E-state index in [2.05, 4.69) is 21.7 Å². The summed E-state index contributed by atoms with van der Waals surface area (Å²) in [6.07, 6.45) is 2.63. The summed E-state index contributed by atoms with van der Waals surface area (Å²) in [5, 5.41) is 5.20. The maximum absolute atomic E-state index is 12.2. The van der Waals surface area contributed by atoms with Crippen LogP contribution in [0.2, 0.25) is 0 Å². The third-order valence-corrected chi connectivity index (χ3v) is 4.57. The normalized spacial score (nSPS) is 13.7. The number of rotatable bonds is 4. The number of anilines is 1. The summed E-state index contributed by atoms with van der Waals surface area (Å²) in [5.41, 5.74) is 2.10. The molecule has 1 aliphatic heterocycles. The molecule has 2 aromatic heterocycles. The van der Waals surface area contributed by atoms with Crippen LogP contribution in [0.1, 0.15) is 10.4 Å². The largest absolute Gasteiger partial charge is 0.481 e. The maximum atomic E-state index is 12.2. The lowest BCUT2D eigenvalue weighted by Gasteiger charge is -2.27. The molecule has 2 aromatic rings. The van der Waals surface area contributed by atoms with E-state index < -0.39 is 0 Å². The summed E-state index contributed by atoms with van der Waals surface area (Å²) in [7, 11) is 1.58. The molecule has 0 aromatic carbocycles. The van der Waals surface area contributed by atoms with E-state index in [0.717, 1.165) is 25.2 Å². The Bertz CT molecular complexity index is 624. The molecule has 3 rings (SSSR count). The fraction of sp³-hybridized carbons (Fsp3) is 0.333. The van der Waals surface area contributed by atoms with E-state index in [0.29, 0.717) is 5.88 Å². The van der Waals surface area contributed by atoms with Gasteiger partial charge in [-0.3, -0.25) is 4.79 Å². The second-order valence-electron chi connectivity index (χ2n) is 4.88. The molecule has 0 spiro atoms. The molecule has 6 heteroatoms. The molecule has 110 valence electrons. The van der Waals surface area contributed by atoms with Gasteiger partial charge in [-0.05, 0) is 29.5 Å². The molecule has 0 saturated heterocycles. The highest BCUT2D eigenvalue weighted by Gasteiger charge is 2.20. The predicted molar refractivity (Wildman–Crippen MR) is 82.7 cm³/mol. The van der Waals surface area contributed by atoms with E-state index in [1.54, 1.807) is 30.7 Å². The Labute approximate surface area is 127 Å². The molecule has 3 heterocycles. The number of nitrogens with zero attached hydrogens (tertiary/aromatic N) is 2. The van der Waals surface area contributed by atoms with E-state index in [4.69, 9.17) is 4.74 Å². The van der Waals surface area contributed by atoms with Crippen LogP contribution in [-0.4, -0.2) is 36.0 Å². The molecule has 1 amide bonds. The number of pyridine rings is 1. The topological polar surface area (TPSA) is 54.5 Å². The molecule has 0 unspecified atom stereocenters. The van der Waals surface area contributed by atoms with Gasteiger partial charge in [0.05, 0.1) is 25.5 Å². The van der Waals surface area contributed by atoms with E-state index in [1.807, 2.05) is 11.0 Å². The zero-order chi connectivity index (χ0) is 14.7. The van der Waals surface area contributed by atoms with Crippen LogP contribution in [0.4, 0.5) is 5.69 Å². The Balaban J connectivity index is 1.54. The first kappa shape index (κ1) is 13.9. The van der Waals surface area contributed by atoms with Crippen molar-refractivity contribution in [1.82, 2.24) is 9.88 Å². The van der Waals surface area contributed by atoms with Gasteiger partial charge >= 0.3 is 0 Å². The summed E-state index contributed by atoms with van der Waals surface area (Å²) in [6.45, 7) is 1.81. The maximum Gasteiger partial charge on any atom is 0.242 e. The molecule has 5 nitrogen and oxygen atoms in total. The van der Waals surface area contributed by atoms with Gasteiger partial charge in [0.25, 0.3) is 0 Å². The fourth-order valence-electron chi connectivity index (χ4n) is 2.36. The monoisotopic (exact) mass is 303 g/mol. The molecular formula is C15H17N3O2S. The summed E-state index contributed by atoms with van der Waals surface area (Å²) >= 11 is 1.78. The van der Waals surface area contributed by atoms with E-state index >= 15 is 0 Å². The molecule has 0 radical (unpaired) electrons. The van der Waals surface area contributed by atoms with Crippen molar-refractivity contribution < 1.29 is 9.53 Å². The summed E-state index contributed by atoms with van der Waals surface area (Å²) in [4.78, 5) is 19.7. The van der Waals surface area contributed by atoms with Crippen molar-refractivity contribution in [2.45, 2.75) is 13.0 Å². The number of amides is 1. The number of hydrogen-bond acceptors (Lipinski definition) is 5. The van der Waals surface area contributed by atoms with Crippen LogP contribution in [-0.2, 0) is 17.8 Å². The van der Waals surface area contributed by atoms with Gasteiger partial charge in [0.15, 0.2) is 0 Å². The van der Waals surface area contributed by atoms with E-state index in [9.17, 15) is 4.79 Å². The van der Waals surface area contributed by atoms with Crippen LogP contribution in [0.15, 0.2) is 29.8 Å². The highest BCUT2D eigenvalue weighted by atomic mass is 32.1. The standard InChI is InChI=1S/C15H17N3O2S/c1-20-14-3-2-12(8-17-14)16-9-15(19)18-6-4-13-11(10-18)5-7-21-13/h2-3,5,7-8,16H,4,6,9-10H2,1H3. The van der Waals surface area contributed by atoms with Crippen LogP contribution in [0, 0.1) is 0 Å². The lowest BCUT2D eigenvalue weighted by atomic mass is 10.1. The molecule has 0 atom stereocenters. The van der Waals surface area contributed by atoms with Gasteiger partial charge in [0.2, 0.25) is 11.8 Å². The number of ether oxygens (including phenoxy) is 1. The SMILES string of the molecule is COc1ccc(NCC(=O)N2CCc3sccc3C2)cn1. The zero-order valence-corrected chi connectivity index (χ0v) is 12.7. The second kappa shape index (κ2) is 6.13. The second-order valence-corrected chi connectivity index (χ2v) is 5.88.